The smallest absolute Gasteiger partial charge is 0.326 e. The molecule has 9 nitrogen and oxygen atoms in total. The zero-order chi connectivity index (χ0) is 28.2. The molecule has 2 aliphatic rings. The van der Waals surface area contributed by atoms with Crippen LogP contribution in [-0.4, -0.2) is 62.9 Å². The molecule has 3 amide bonds. The monoisotopic (exact) mass is 565 g/mol. The molecule has 1 aromatic carbocycles. The molecule has 10 heteroatoms. The third-order valence-corrected chi connectivity index (χ3v) is 9.57. The molecule has 2 aromatic heterocycles. The lowest BCUT2D eigenvalue weighted by molar-refractivity contribution is -0.141. The highest BCUT2D eigenvalue weighted by Crippen LogP contribution is 2.35. The molecule has 0 radical (unpaired) electrons. The molecule has 1 unspecified atom stereocenters. The van der Waals surface area contributed by atoms with Crippen molar-refractivity contribution in [3.05, 3.63) is 52.5 Å². The molecule has 40 heavy (non-hydrogen) atoms. The van der Waals surface area contributed by atoms with Crippen LogP contribution in [0.2, 0.25) is 0 Å². The first-order valence-electron chi connectivity index (χ1n) is 14.4. The molecule has 2 fully saturated rings. The van der Waals surface area contributed by atoms with E-state index < -0.39 is 12.0 Å². The van der Waals surface area contributed by atoms with Gasteiger partial charge in [-0.3, -0.25) is 9.48 Å². The van der Waals surface area contributed by atoms with Gasteiger partial charge in [0.05, 0.1) is 16.6 Å². The number of aryl methyl sites for hydroxylation is 1. The normalized spacial score (nSPS) is 20.6. The number of aliphatic carboxylic acids is 1. The number of hydrogen-bond donors (Lipinski definition) is 3. The van der Waals surface area contributed by atoms with Crippen molar-refractivity contribution >= 4 is 39.5 Å². The number of likely N-dealkylation sites (N-methyl/N-ethyl adjacent to an activating group) is 1. The van der Waals surface area contributed by atoms with Crippen molar-refractivity contribution in [1.82, 2.24) is 25.3 Å². The number of rotatable bonds is 8. The predicted molar refractivity (Wildman–Crippen MR) is 156 cm³/mol. The summed E-state index contributed by atoms with van der Waals surface area (Å²) in [5.74, 6) is -1.08. The van der Waals surface area contributed by atoms with Crippen LogP contribution in [0.4, 0.5) is 4.79 Å². The van der Waals surface area contributed by atoms with Crippen molar-refractivity contribution in [2.75, 3.05) is 7.05 Å². The summed E-state index contributed by atoms with van der Waals surface area (Å²) >= 11 is 1.53. The fraction of sp³-hybridized carbons (Fsp3) is 0.533. The second-order valence-corrected chi connectivity index (χ2v) is 12.3. The number of fused-ring (bicyclic) bond motifs is 1. The summed E-state index contributed by atoms with van der Waals surface area (Å²) < 4.78 is 2.16. The van der Waals surface area contributed by atoms with Crippen molar-refractivity contribution in [2.45, 2.75) is 95.3 Å². The minimum Gasteiger partial charge on any atom is -0.480 e. The van der Waals surface area contributed by atoms with E-state index in [4.69, 9.17) is 5.10 Å². The van der Waals surface area contributed by atoms with Gasteiger partial charge in [-0.25, -0.2) is 9.59 Å². The molecule has 2 saturated carbocycles. The Kier molecular flexibility index (Phi) is 8.73. The number of carbonyl (C=O) groups excluding carboxylic acids is 2. The molecular formula is C30H39N5O4S. The second-order valence-electron chi connectivity index (χ2n) is 11.3. The minimum atomic E-state index is -1.03. The topological polar surface area (TPSA) is 117 Å². The van der Waals surface area contributed by atoms with Gasteiger partial charge in [0.1, 0.15) is 10.9 Å². The summed E-state index contributed by atoms with van der Waals surface area (Å²) in [6.45, 7) is 2.02. The number of carbonyl (C=O) groups is 3. The fourth-order valence-corrected chi connectivity index (χ4v) is 7.18. The van der Waals surface area contributed by atoms with Crippen molar-refractivity contribution in [3.8, 4) is 0 Å². The number of carboxylic acid groups (broad SMARTS) is 1. The second kappa shape index (κ2) is 12.4. The van der Waals surface area contributed by atoms with Crippen molar-refractivity contribution in [1.29, 1.82) is 0 Å². The van der Waals surface area contributed by atoms with E-state index in [2.05, 4.69) is 15.3 Å². The average molecular weight is 566 g/mol. The SMILES string of the molecule is Cc1nn(C2CCCCC2)c2sc(C(=O)N[C@H]3CC[C@H](NC(=O)N(C)C(Cc4ccccc4)C(=O)O)CC3)cc12. The van der Waals surface area contributed by atoms with Crippen LogP contribution in [0.5, 0.6) is 0 Å². The van der Waals surface area contributed by atoms with E-state index in [1.165, 1.54) is 42.5 Å². The van der Waals surface area contributed by atoms with Crippen LogP contribution in [0.25, 0.3) is 10.2 Å². The molecular weight excluding hydrogens is 526 g/mol. The molecule has 2 heterocycles. The van der Waals surface area contributed by atoms with E-state index in [9.17, 15) is 19.5 Å². The number of thiophene rings is 1. The average Bonchev–Trinajstić information content (AvgIpc) is 3.54. The van der Waals surface area contributed by atoms with E-state index in [-0.39, 0.29) is 30.4 Å². The van der Waals surface area contributed by atoms with E-state index in [0.29, 0.717) is 6.04 Å². The summed E-state index contributed by atoms with van der Waals surface area (Å²) in [7, 11) is 1.53. The lowest BCUT2D eigenvalue weighted by Crippen LogP contribution is -2.52. The van der Waals surface area contributed by atoms with E-state index in [1.807, 2.05) is 43.3 Å². The fourth-order valence-electron chi connectivity index (χ4n) is 6.04. The molecule has 0 spiro atoms. The van der Waals surface area contributed by atoms with Crippen LogP contribution in [-0.2, 0) is 11.2 Å². The molecule has 3 N–H and O–H groups in total. The lowest BCUT2D eigenvalue weighted by Gasteiger charge is -2.32. The van der Waals surface area contributed by atoms with Crippen LogP contribution >= 0.6 is 11.3 Å². The first-order valence-corrected chi connectivity index (χ1v) is 15.2. The minimum absolute atomic E-state index is 0.0457. The zero-order valence-corrected chi connectivity index (χ0v) is 24.1. The predicted octanol–water partition coefficient (Wildman–Crippen LogP) is 5.29. The van der Waals surface area contributed by atoms with Gasteiger partial charge in [0.2, 0.25) is 0 Å². The van der Waals surface area contributed by atoms with Crippen molar-refractivity contribution in [2.24, 2.45) is 0 Å². The van der Waals surface area contributed by atoms with E-state index >= 15 is 0 Å². The quantitative estimate of drug-likeness (QED) is 0.343. The van der Waals surface area contributed by atoms with Crippen LogP contribution in [0.15, 0.2) is 36.4 Å². The van der Waals surface area contributed by atoms with Gasteiger partial charge in [0.25, 0.3) is 5.91 Å². The van der Waals surface area contributed by atoms with Gasteiger partial charge in [-0.2, -0.15) is 5.10 Å². The summed E-state index contributed by atoms with van der Waals surface area (Å²) in [5.41, 5.74) is 1.84. The van der Waals surface area contributed by atoms with Crippen LogP contribution < -0.4 is 10.6 Å². The number of hydrogen-bond acceptors (Lipinski definition) is 5. The largest absolute Gasteiger partial charge is 0.480 e. The Hall–Kier alpha value is -3.40. The third kappa shape index (κ3) is 6.32. The van der Waals surface area contributed by atoms with Gasteiger partial charge in [-0.15, -0.1) is 11.3 Å². The van der Waals surface area contributed by atoms with Crippen LogP contribution in [0.3, 0.4) is 0 Å². The maximum Gasteiger partial charge on any atom is 0.326 e. The summed E-state index contributed by atoms with van der Waals surface area (Å²) in [6, 6.07) is 10.4. The number of amides is 3. The van der Waals surface area contributed by atoms with Gasteiger partial charge in [0, 0.05) is 30.9 Å². The van der Waals surface area contributed by atoms with Crippen molar-refractivity contribution < 1.29 is 19.5 Å². The molecule has 0 bridgehead atoms. The van der Waals surface area contributed by atoms with Gasteiger partial charge in [0.15, 0.2) is 0 Å². The summed E-state index contributed by atoms with van der Waals surface area (Å²) in [4.78, 5) is 41.0. The molecule has 214 valence electrons. The molecule has 5 rings (SSSR count). The maximum atomic E-state index is 13.2. The first kappa shape index (κ1) is 28.1. The highest BCUT2D eigenvalue weighted by molar-refractivity contribution is 7.20. The summed E-state index contributed by atoms with van der Waals surface area (Å²) in [5, 5.41) is 21.8. The van der Waals surface area contributed by atoms with Gasteiger partial charge >= 0.3 is 12.0 Å². The molecule has 1 atom stereocenters. The van der Waals surface area contributed by atoms with Crippen LogP contribution in [0, 0.1) is 6.92 Å². The Morgan fingerprint density at radius 1 is 1.02 bits per heavy atom. The standard InChI is InChI=1S/C30H39N5O4S/c1-19-24-18-26(40-28(24)35(33-19)23-11-7-4-8-12-23)27(36)31-21-13-15-22(16-14-21)32-30(39)34(2)25(29(37)38)17-20-9-5-3-6-10-20/h3,5-6,9-10,18,21-23,25H,4,7-8,11-17H2,1-2H3,(H,31,36)(H,32,39)(H,37,38)/t21-,22-,25?. The number of urea groups is 1. The number of aromatic nitrogens is 2. The summed E-state index contributed by atoms with van der Waals surface area (Å²) in [6.07, 6.45) is 9.26. The highest BCUT2D eigenvalue weighted by atomic mass is 32.1. The van der Waals surface area contributed by atoms with Crippen LogP contribution in [0.1, 0.15) is 84.8 Å². The van der Waals surface area contributed by atoms with Gasteiger partial charge in [-0.05, 0) is 57.1 Å². The maximum absolute atomic E-state index is 13.2. The Morgan fingerprint density at radius 2 is 1.68 bits per heavy atom. The third-order valence-electron chi connectivity index (χ3n) is 8.45. The molecule has 2 aliphatic carbocycles. The molecule has 0 aliphatic heterocycles. The first-order chi connectivity index (χ1) is 19.3. The van der Waals surface area contributed by atoms with Gasteiger partial charge in [-0.1, -0.05) is 49.6 Å². The Balaban J connectivity index is 1.13. The number of nitrogens with one attached hydrogen (secondary N) is 2. The number of nitrogens with zero attached hydrogens (tertiary/aromatic N) is 3. The van der Waals surface area contributed by atoms with E-state index in [1.54, 1.807) is 0 Å². The highest BCUT2D eigenvalue weighted by Gasteiger charge is 2.30. The number of benzene rings is 1. The Labute approximate surface area is 238 Å². The zero-order valence-electron chi connectivity index (χ0n) is 23.3. The Bertz CT molecular complexity index is 1340. The molecule has 0 saturated heterocycles. The van der Waals surface area contributed by atoms with E-state index in [0.717, 1.165) is 64.9 Å². The van der Waals surface area contributed by atoms with Crippen molar-refractivity contribution in [3.63, 3.8) is 0 Å². The number of carboxylic acids is 1. The molecule has 3 aromatic rings. The lowest BCUT2D eigenvalue weighted by atomic mass is 9.91. The van der Waals surface area contributed by atoms with Gasteiger partial charge < -0.3 is 20.6 Å². The Morgan fingerprint density at radius 3 is 2.33 bits per heavy atom.